The van der Waals surface area contributed by atoms with Crippen molar-refractivity contribution < 1.29 is 32.5 Å². The van der Waals surface area contributed by atoms with E-state index in [1.165, 1.54) is 0 Å². The van der Waals surface area contributed by atoms with Crippen molar-refractivity contribution in [3.05, 3.63) is 18.3 Å². The minimum atomic E-state index is -3.46. The predicted molar refractivity (Wildman–Crippen MR) is 77.3 cm³/mol. The van der Waals surface area contributed by atoms with E-state index in [1.807, 2.05) is 0 Å². The largest absolute Gasteiger partial charge is 0.496 e. The molecule has 0 amide bonds. The van der Waals surface area contributed by atoms with Crippen molar-refractivity contribution in [1.29, 1.82) is 0 Å². The van der Waals surface area contributed by atoms with Gasteiger partial charge in [-0.1, -0.05) is 6.04 Å². The van der Waals surface area contributed by atoms with Crippen LogP contribution in [0.15, 0.2) is 18.3 Å². The number of ether oxygens (including phenoxy) is 2. The molecule has 0 atom stereocenters. The van der Waals surface area contributed by atoms with Crippen molar-refractivity contribution in [3.63, 3.8) is 0 Å². The van der Waals surface area contributed by atoms with E-state index < -0.39 is 62.6 Å². The molecule has 20 heavy (non-hydrogen) atoms. The quantitative estimate of drug-likeness (QED) is 0.767. The Bertz CT molecular complexity index is 814. The summed E-state index contributed by atoms with van der Waals surface area (Å²) < 4.78 is 96.1. The van der Waals surface area contributed by atoms with Crippen molar-refractivity contribution in [1.82, 2.24) is 4.98 Å². The number of pyridine rings is 1. The van der Waals surface area contributed by atoms with Crippen molar-refractivity contribution in [2.45, 2.75) is 38.9 Å². The summed E-state index contributed by atoms with van der Waals surface area (Å²) in [5, 5.41) is 0. The van der Waals surface area contributed by atoms with E-state index in [0.717, 1.165) is 0 Å². The lowest BCUT2D eigenvalue weighted by molar-refractivity contribution is 0.00578. The van der Waals surface area contributed by atoms with Crippen LogP contribution in [0.5, 0.6) is 5.88 Å². The fourth-order valence-corrected chi connectivity index (χ4v) is 1.50. The third kappa shape index (κ3) is 3.14. The van der Waals surface area contributed by atoms with Crippen LogP contribution in [0.1, 0.15) is 41.4 Å². The summed E-state index contributed by atoms with van der Waals surface area (Å²) in [4.78, 5) is 3.64. The molecule has 2 heterocycles. The normalized spacial score (nSPS) is 29.5. The van der Waals surface area contributed by atoms with E-state index in [-0.39, 0.29) is 5.46 Å². The summed E-state index contributed by atoms with van der Waals surface area (Å²) in [6, 6.07) is -1.35. The highest BCUT2D eigenvalue weighted by atomic mass is 16.7. The van der Waals surface area contributed by atoms with Crippen molar-refractivity contribution in [3.8, 4) is 5.88 Å². The lowest BCUT2D eigenvalue weighted by atomic mass is 9.80. The van der Waals surface area contributed by atoms with E-state index in [9.17, 15) is 0 Å². The highest BCUT2D eigenvalue weighted by Gasteiger charge is 2.51. The van der Waals surface area contributed by atoms with E-state index >= 15 is 0 Å². The maximum atomic E-state index is 8.18. The van der Waals surface area contributed by atoms with Gasteiger partial charge in [0.15, 0.2) is 0 Å². The highest BCUT2D eigenvalue weighted by Crippen LogP contribution is 2.36. The SMILES string of the molecule is [2H]c1nc(OC([2H])([2H])C([2H])([2H])OC([2H])([2H])[2H])c([2H])c([2H])c1B1OC(C)(C)C(C)(C)O1. The van der Waals surface area contributed by atoms with Gasteiger partial charge in [0.2, 0.25) is 5.88 Å². The van der Waals surface area contributed by atoms with Gasteiger partial charge in [-0.2, -0.15) is 0 Å². The summed E-state index contributed by atoms with van der Waals surface area (Å²) in [5.41, 5.74) is -1.74. The number of rotatable bonds is 5. The van der Waals surface area contributed by atoms with Crippen LogP contribution >= 0.6 is 0 Å². The van der Waals surface area contributed by atoms with Gasteiger partial charge in [-0.05, 0) is 33.7 Å². The zero-order valence-electron chi connectivity index (χ0n) is 21.7. The second kappa shape index (κ2) is 5.72. The Morgan fingerprint density at radius 3 is 2.65 bits per heavy atom. The van der Waals surface area contributed by atoms with Crippen LogP contribution < -0.4 is 10.2 Å². The van der Waals surface area contributed by atoms with E-state index in [0.29, 0.717) is 0 Å². The van der Waals surface area contributed by atoms with Crippen molar-refractivity contribution >= 4 is 12.6 Å². The summed E-state index contributed by atoms with van der Waals surface area (Å²) in [5.74, 6) is -0.881. The van der Waals surface area contributed by atoms with Gasteiger partial charge in [0.05, 0.1) is 31.5 Å². The molecular formula is C14H22BNO4. The average Bonchev–Trinajstić information content (AvgIpc) is 2.69. The van der Waals surface area contributed by atoms with E-state index in [4.69, 9.17) is 27.8 Å². The van der Waals surface area contributed by atoms with Crippen LogP contribution in [0.3, 0.4) is 0 Å². The van der Waals surface area contributed by atoms with Gasteiger partial charge >= 0.3 is 7.12 Å². The Hall–Kier alpha value is -1.11. The molecule has 0 aromatic carbocycles. The molecule has 0 saturated carbocycles. The number of hydrogen-bond acceptors (Lipinski definition) is 5. The molecule has 5 nitrogen and oxygen atoms in total. The first kappa shape index (κ1) is 6.77. The number of hydrogen-bond donors (Lipinski definition) is 0. The Morgan fingerprint density at radius 2 is 2.00 bits per heavy atom. The Balaban J connectivity index is 2.40. The third-order valence-corrected chi connectivity index (χ3v) is 3.31. The lowest BCUT2D eigenvalue weighted by Gasteiger charge is -2.32. The fraction of sp³-hybridized carbons (Fsp3) is 0.643. The standard InChI is InChI=1S/C14H22BNO4/c1-13(2)14(3,4)20-15(19-13)11-6-7-12(16-10-11)18-9-8-17-5/h6-7,10H,8-9H2,1-5H3/i5D3,6D,7D,8D2,9D2,10D. The average molecular weight is 289 g/mol. The second-order valence-corrected chi connectivity index (χ2v) is 5.19. The Labute approximate surface area is 134 Å². The van der Waals surface area contributed by atoms with Crippen LogP contribution in [0, 0.1) is 0 Å². The van der Waals surface area contributed by atoms with Crippen molar-refractivity contribution in [2.75, 3.05) is 20.2 Å². The Morgan fingerprint density at radius 1 is 1.30 bits per heavy atom. The smallest absolute Gasteiger partial charge is 0.475 e. The van der Waals surface area contributed by atoms with E-state index in [2.05, 4.69) is 9.72 Å². The first-order valence-electron chi connectivity index (χ1n) is 10.9. The first-order valence-corrected chi connectivity index (χ1v) is 5.93. The van der Waals surface area contributed by atoms with Gasteiger partial charge in [0.25, 0.3) is 0 Å². The molecule has 110 valence electrons. The van der Waals surface area contributed by atoms with Crippen LogP contribution in [-0.2, 0) is 14.0 Å². The lowest BCUT2D eigenvalue weighted by Crippen LogP contribution is -2.41. The molecule has 1 aromatic rings. The fourth-order valence-electron chi connectivity index (χ4n) is 1.50. The molecule has 1 saturated heterocycles. The molecule has 1 aliphatic heterocycles. The first-order chi connectivity index (χ1) is 13.2. The minimum absolute atomic E-state index is 0.173. The predicted octanol–water partition coefficient (Wildman–Crippen LogP) is 1.41. The summed E-state index contributed by atoms with van der Waals surface area (Å²) >= 11 is 0. The molecule has 0 bridgehead atoms. The van der Waals surface area contributed by atoms with Gasteiger partial charge in [-0.15, -0.1) is 0 Å². The molecule has 1 fully saturated rings. The zero-order chi connectivity index (χ0) is 23.5. The van der Waals surface area contributed by atoms with Gasteiger partial charge in [0.1, 0.15) is 6.56 Å². The highest BCUT2D eigenvalue weighted by molar-refractivity contribution is 6.62. The number of aromatic nitrogens is 1. The molecule has 0 spiro atoms. The topological polar surface area (TPSA) is 49.8 Å². The molecular weight excluding hydrogens is 257 g/mol. The molecule has 2 rings (SSSR count). The van der Waals surface area contributed by atoms with E-state index in [1.54, 1.807) is 27.7 Å². The molecule has 0 aliphatic carbocycles. The van der Waals surface area contributed by atoms with Crippen LogP contribution in [0.2, 0.25) is 0 Å². The molecule has 0 N–H and O–H groups in total. The molecule has 1 aliphatic rings. The summed E-state index contributed by atoms with van der Waals surface area (Å²) in [7, 11) is -4.44. The van der Waals surface area contributed by atoms with Crippen LogP contribution in [0.25, 0.3) is 0 Å². The third-order valence-electron chi connectivity index (χ3n) is 3.31. The van der Waals surface area contributed by atoms with Crippen molar-refractivity contribution in [2.24, 2.45) is 0 Å². The number of nitrogens with zero attached hydrogens (tertiary/aromatic N) is 1. The van der Waals surface area contributed by atoms with Gasteiger partial charge < -0.3 is 18.8 Å². The molecule has 6 heteroatoms. The second-order valence-electron chi connectivity index (χ2n) is 5.19. The molecule has 1 aromatic heterocycles. The molecule has 0 unspecified atom stereocenters. The summed E-state index contributed by atoms with van der Waals surface area (Å²) in [6.45, 7) is 0.168. The van der Waals surface area contributed by atoms with Crippen LogP contribution in [0.4, 0.5) is 0 Å². The molecule has 0 radical (unpaired) electrons. The zero-order valence-corrected chi connectivity index (χ0v) is 11.7. The Kier molecular flexibility index (Phi) is 1.93. The number of methoxy groups -OCH3 is 1. The summed E-state index contributed by atoms with van der Waals surface area (Å²) in [6.07, 6.45) is -0.599. The maximum absolute atomic E-state index is 8.18. The monoisotopic (exact) mass is 289 g/mol. The van der Waals surface area contributed by atoms with Gasteiger partial charge in [-0.3, -0.25) is 0 Å². The minimum Gasteiger partial charge on any atom is -0.475 e. The van der Waals surface area contributed by atoms with Crippen LogP contribution in [-0.4, -0.2) is 43.5 Å². The maximum Gasteiger partial charge on any atom is 0.496 e. The van der Waals surface area contributed by atoms with Gasteiger partial charge in [0, 0.05) is 18.7 Å². The van der Waals surface area contributed by atoms with Gasteiger partial charge in [-0.25, -0.2) is 4.98 Å².